The maximum absolute atomic E-state index is 14.9. The Morgan fingerprint density at radius 2 is 1.52 bits per heavy atom. The molecule has 11 heteroatoms. The number of fused-ring (bicyclic) bond motifs is 1. The van der Waals surface area contributed by atoms with E-state index in [1.165, 1.54) is 18.1 Å². The van der Waals surface area contributed by atoms with Crippen LogP contribution in [-0.2, 0) is 36.5 Å². The highest BCUT2D eigenvalue weighted by Gasteiger charge is 2.40. The van der Waals surface area contributed by atoms with Crippen LogP contribution >= 0.6 is 0 Å². The van der Waals surface area contributed by atoms with Gasteiger partial charge in [-0.2, -0.15) is 26.3 Å². The Balaban J connectivity index is 1.50. The first-order valence-corrected chi connectivity index (χ1v) is 14.4. The zero-order valence-corrected chi connectivity index (χ0v) is 24.6. The Morgan fingerprint density at radius 3 is 2.07 bits per heavy atom. The lowest BCUT2D eigenvalue weighted by atomic mass is 9.90. The number of aryl methyl sites for hydroxylation is 2. The fraction of sp³-hybridized carbons (Fsp3) is 0.424. The summed E-state index contributed by atoms with van der Waals surface area (Å²) >= 11 is 0. The van der Waals surface area contributed by atoms with Crippen LogP contribution in [0.25, 0.3) is 11.1 Å². The van der Waals surface area contributed by atoms with Crippen LogP contribution < -0.4 is 4.74 Å². The van der Waals surface area contributed by atoms with Crippen LogP contribution in [0.1, 0.15) is 84.6 Å². The Morgan fingerprint density at radius 1 is 0.909 bits per heavy atom. The summed E-state index contributed by atoms with van der Waals surface area (Å²) in [6.07, 6.45) is -9.56. The molecule has 1 heterocycles. The molecule has 1 aliphatic heterocycles. The Hall–Kier alpha value is -3.76. The van der Waals surface area contributed by atoms with Crippen molar-refractivity contribution in [2.45, 2.75) is 83.4 Å². The largest absolute Gasteiger partial charge is 0.496 e. The van der Waals surface area contributed by atoms with Gasteiger partial charge >= 0.3 is 18.4 Å². The minimum Gasteiger partial charge on any atom is -0.496 e. The average molecular weight is 624 g/mol. The first-order chi connectivity index (χ1) is 20.6. The monoisotopic (exact) mass is 623 g/mol. The summed E-state index contributed by atoms with van der Waals surface area (Å²) in [7, 11) is 1.45. The maximum Gasteiger partial charge on any atom is 0.416 e. The van der Waals surface area contributed by atoms with Gasteiger partial charge in [-0.1, -0.05) is 26.0 Å². The first-order valence-electron chi connectivity index (χ1n) is 14.4. The summed E-state index contributed by atoms with van der Waals surface area (Å²) in [4.78, 5) is 14.7. The molecular formula is C33H32F7NO3. The fourth-order valence-electron chi connectivity index (χ4n) is 6.08. The van der Waals surface area contributed by atoms with Crippen LogP contribution in [0.4, 0.5) is 35.5 Å². The molecule has 4 nitrogen and oxygen atoms in total. The van der Waals surface area contributed by atoms with E-state index in [4.69, 9.17) is 9.47 Å². The summed E-state index contributed by atoms with van der Waals surface area (Å²) in [5.74, 6) is -0.184. The molecule has 236 valence electrons. The number of hydrogen-bond acceptors (Lipinski definition) is 3. The van der Waals surface area contributed by atoms with E-state index in [0.29, 0.717) is 29.0 Å². The van der Waals surface area contributed by atoms with Crippen molar-refractivity contribution >= 4 is 6.09 Å². The number of benzene rings is 3. The van der Waals surface area contributed by atoms with Gasteiger partial charge in [-0.15, -0.1) is 0 Å². The topological polar surface area (TPSA) is 38.8 Å². The molecule has 2 atom stereocenters. The molecule has 3 aromatic carbocycles. The average Bonchev–Trinajstić information content (AvgIpc) is 3.40. The molecule has 1 fully saturated rings. The number of methoxy groups -OCH3 is 1. The van der Waals surface area contributed by atoms with Gasteiger partial charge in [0.25, 0.3) is 0 Å². The number of nitrogens with zero attached hydrogens (tertiary/aromatic N) is 1. The quantitative estimate of drug-likeness (QED) is 0.257. The Labute approximate surface area is 250 Å². The second-order valence-corrected chi connectivity index (χ2v) is 11.8. The molecule has 5 rings (SSSR count). The van der Waals surface area contributed by atoms with Crippen molar-refractivity contribution in [3.8, 4) is 16.9 Å². The van der Waals surface area contributed by atoms with E-state index in [-0.39, 0.29) is 30.5 Å². The number of amides is 1. The van der Waals surface area contributed by atoms with Crippen LogP contribution in [0, 0.1) is 5.82 Å². The minimum atomic E-state index is -5.02. The standard InChI is InChI=1S/C33H32F7NO3/c1-17(2)25-14-27(30(43-4)15-28(25)34)26-12-20-7-5-6-19(20)9-22(26)16-41-18(3)8-29(44-31(41)42)21-10-23(32(35,36)37)13-24(11-21)33(38,39)40/h9-15,17-18,29H,5-8,16H2,1-4H3/t18-,29-/m0/s1. The van der Waals surface area contributed by atoms with E-state index in [9.17, 15) is 35.5 Å². The van der Waals surface area contributed by atoms with E-state index >= 15 is 0 Å². The molecule has 1 saturated heterocycles. The maximum atomic E-state index is 14.9. The van der Waals surface area contributed by atoms with Gasteiger partial charge < -0.3 is 14.4 Å². The summed E-state index contributed by atoms with van der Waals surface area (Å²) in [6, 6.07) is 7.78. The summed E-state index contributed by atoms with van der Waals surface area (Å²) in [5, 5.41) is 0. The number of hydrogen-bond donors (Lipinski definition) is 0. The van der Waals surface area contributed by atoms with Gasteiger partial charge in [0.05, 0.1) is 18.2 Å². The van der Waals surface area contributed by atoms with Gasteiger partial charge in [0.15, 0.2) is 0 Å². The normalized spacial score (nSPS) is 18.9. The van der Waals surface area contributed by atoms with E-state index in [2.05, 4.69) is 0 Å². The second kappa shape index (κ2) is 11.6. The van der Waals surface area contributed by atoms with Crippen LogP contribution in [0.15, 0.2) is 42.5 Å². The molecule has 0 radical (unpaired) electrons. The van der Waals surface area contributed by atoms with Gasteiger partial charge in [0, 0.05) is 30.6 Å². The molecule has 2 aliphatic rings. The highest BCUT2D eigenvalue weighted by atomic mass is 19.4. The third-order valence-corrected chi connectivity index (χ3v) is 8.44. The number of ether oxygens (including phenoxy) is 2. The van der Waals surface area contributed by atoms with Crippen LogP contribution in [-0.4, -0.2) is 24.1 Å². The molecule has 1 amide bonds. The van der Waals surface area contributed by atoms with Gasteiger partial charge in [-0.25, -0.2) is 9.18 Å². The predicted molar refractivity (Wildman–Crippen MR) is 150 cm³/mol. The molecule has 0 N–H and O–H groups in total. The third kappa shape index (κ3) is 6.23. The summed E-state index contributed by atoms with van der Waals surface area (Å²) < 4.78 is 107. The molecule has 1 aliphatic carbocycles. The van der Waals surface area contributed by atoms with E-state index in [1.54, 1.807) is 13.0 Å². The number of rotatable bonds is 6. The fourth-order valence-corrected chi connectivity index (χ4v) is 6.08. The van der Waals surface area contributed by atoms with Gasteiger partial charge in [-0.3, -0.25) is 0 Å². The molecule has 3 aromatic rings. The van der Waals surface area contributed by atoms with Crippen molar-refractivity contribution in [1.82, 2.24) is 4.90 Å². The van der Waals surface area contributed by atoms with Gasteiger partial charge in [0.1, 0.15) is 17.7 Å². The predicted octanol–water partition coefficient (Wildman–Crippen LogP) is 9.62. The third-order valence-electron chi connectivity index (χ3n) is 8.44. The molecular weight excluding hydrogens is 591 g/mol. The minimum absolute atomic E-state index is 0.0258. The Kier molecular flexibility index (Phi) is 8.37. The highest BCUT2D eigenvalue weighted by molar-refractivity contribution is 5.77. The number of alkyl halides is 6. The van der Waals surface area contributed by atoms with Gasteiger partial charge in [0.2, 0.25) is 0 Å². The van der Waals surface area contributed by atoms with Crippen LogP contribution in [0.2, 0.25) is 0 Å². The van der Waals surface area contributed by atoms with Crippen molar-refractivity contribution in [3.05, 3.63) is 87.2 Å². The van der Waals surface area contributed by atoms with E-state index in [1.807, 2.05) is 26.0 Å². The number of carbonyl (C=O) groups excluding carboxylic acids is 1. The Bertz CT molecular complexity index is 1550. The second-order valence-electron chi connectivity index (χ2n) is 11.8. The van der Waals surface area contributed by atoms with Crippen molar-refractivity contribution < 1.29 is 45.0 Å². The number of carbonyl (C=O) groups is 1. The van der Waals surface area contributed by atoms with Crippen molar-refractivity contribution in [2.75, 3.05) is 7.11 Å². The van der Waals surface area contributed by atoms with Crippen molar-refractivity contribution in [3.63, 3.8) is 0 Å². The lowest BCUT2D eigenvalue weighted by molar-refractivity contribution is -0.143. The SMILES string of the molecule is COc1cc(F)c(C(C)C)cc1-c1cc2c(cc1CN1C(=O)O[C@H](c3cc(C(F)(F)F)cc(C(F)(F)F)c3)C[C@@H]1C)CCC2. The summed E-state index contributed by atoms with van der Waals surface area (Å²) in [5.41, 5.74) is 1.60. The molecule has 0 unspecified atom stereocenters. The molecule has 0 bridgehead atoms. The smallest absolute Gasteiger partial charge is 0.416 e. The van der Waals surface area contributed by atoms with E-state index in [0.717, 1.165) is 41.5 Å². The zero-order chi connectivity index (χ0) is 32.1. The molecule has 0 saturated carbocycles. The van der Waals surface area contributed by atoms with Gasteiger partial charge in [-0.05, 0) is 89.8 Å². The number of halogens is 7. The summed E-state index contributed by atoms with van der Waals surface area (Å²) in [6.45, 7) is 5.49. The van der Waals surface area contributed by atoms with Crippen molar-refractivity contribution in [1.29, 1.82) is 0 Å². The molecule has 0 spiro atoms. The lowest BCUT2D eigenvalue weighted by Crippen LogP contribution is -2.44. The number of cyclic esters (lactones) is 1. The lowest BCUT2D eigenvalue weighted by Gasteiger charge is -2.38. The van der Waals surface area contributed by atoms with Crippen LogP contribution in [0.5, 0.6) is 5.75 Å². The van der Waals surface area contributed by atoms with Crippen LogP contribution in [0.3, 0.4) is 0 Å². The van der Waals surface area contributed by atoms with Crippen molar-refractivity contribution in [2.24, 2.45) is 0 Å². The first kappa shape index (κ1) is 31.7. The van der Waals surface area contributed by atoms with E-state index < -0.39 is 47.5 Å². The molecule has 44 heavy (non-hydrogen) atoms. The zero-order valence-electron chi connectivity index (χ0n) is 24.6. The molecule has 0 aromatic heterocycles. The highest BCUT2D eigenvalue weighted by Crippen LogP contribution is 2.43.